The van der Waals surface area contributed by atoms with E-state index in [0.717, 1.165) is 98.2 Å². The molecule has 0 atom stereocenters. The largest absolute Gasteiger partial charge is 0.505 e. The van der Waals surface area contributed by atoms with Gasteiger partial charge in [0.15, 0.2) is 6.40 Å². The zero-order chi connectivity index (χ0) is 117. The molecule has 0 aliphatic carbocycles. The van der Waals surface area contributed by atoms with Gasteiger partial charge in [-0.15, -0.1) is 0 Å². The molecule has 0 spiro atoms. The quantitative estimate of drug-likeness (QED) is 0.00435. The number of unbranched alkanes of at least 4 members (excludes halogenated alkanes) is 10. The normalized spacial score (nSPS) is 8.59. The molecule has 145 heavy (non-hydrogen) atoms. The lowest BCUT2D eigenvalue weighted by molar-refractivity contribution is -0.00272. The van der Waals surface area contributed by atoms with Crippen LogP contribution in [0.2, 0.25) is 0 Å². The monoisotopic (exact) mass is 2070 g/mol. The SMILES string of the molecule is C.C/C=C\CC.C/C=C\OC.C=C/C=C\C=C.C=C/C=C\N=C.C=C/C=N\N=C.C=CC=NC=C.C=CN=CN=C.C=CN=NC=C.C=CNC=C.C=COC=C.C=N/C=C\N=C.CCCCC.CCCCCC.CCCCCC.CCCCNC.CCCCOC.CCCNCC.CCCOC.CCCOCC.CCN=NC.CCNCC.CCOCC.CN=CNC.CN=COC.COCCOC.COCOC. The molecule has 0 amide bonds. The molecule has 0 heterocycles. The summed E-state index contributed by atoms with van der Waals surface area (Å²) >= 11 is 0. The summed E-state index contributed by atoms with van der Waals surface area (Å²) in [6.07, 6.45) is 69.2. The summed E-state index contributed by atoms with van der Waals surface area (Å²) in [5.41, 5.74) is 0. The fourth-order valence-corrected chi connectivity index (χ4v) is 5.26. The third kappa shape index (κ3) is 747. The van der Waals surface area contributed by atoms with Gasteiger partial charge in [0.2, 0.25) is 0 Å². The van der Waals surface area contributed by atoms with Gasteiger partial charge in [-0.2, -0.15) is 30.7 Å². The second-order valence-electron chi connectivity index (χ2n) is 24.1. The highest BCUT2D eigenvalue weighted by Crippen LogP contribution is 1.96. The summed E-state index contributed by atoms with van der Waals surface area (Å²) in [7, 11) is 21.9. The summed E-state index contributed by atoms with van der Waals surface area (Å²) in [6, 6.07) is 0. The first-order valence-corrected chi connectivity index (χ1v) is 49.6. The lowest BCUT2D eigenvalue weighted by Gasteiger charge is -1.91. The van der Waals surface area contributed by atoms with Crippen LogP contribution < -0.4 is 26.6 Å². The summed E-state index contributed by atoms with van der Waals surface area (Å²) < 4.78 is 50.8. The second kappa shape index (κ2) is 353. The van der Waals surface area contributed by atoms with Gasteiger partial charge >= 0.3 is 0 Å². The molecular formula is C115H243N19O11. The molecule has 0 saturated heterocycles. The van der Waals surface area contributed by atoms with Crippen molar-refractivity contribution in [3.05, 3.63) is 227 Å². The molecular weight excluding hydrogens is 1820 g/mol. The standard InChI is InChI=1S/2C6H14.C6H8.C5H13N.C5H7N.C5H13N.C5H7N.2C5H12O.C5H12.C5H10.4C4H6N2.C4H11N.C4H7N.C4H10O2.C4H10O.C4H8O.C4H10O.C4H6O.2C3H8N2.C3H7NO.C3H8O2.CH4/c3*1-3-5-6-4-2;2*1-3-4-5-6-2;2*1-3-5-6-4-2;1-3-4-5-6-2;1-3-5-6-4-2;2*1-3-5-4-2;1-5-3-4-6-2;1-3-6-4-5-2;1-3-4-6-5-2;1-3-5-6-4-2;2*1-3-5-4-2;1-5-3-4-6-2;2*1-3-4-5-2;2*1-3-5-4-2;1-4-3-5-2;1-3-5-4-2;2*1-4-3-5-2;/h2*3-6H2,1-2H3;3-6H,1-2H2;6H,3-5H2,1-2H3;3-5H,1-2H2;6H,3-5H2,1-2H3;3-5H,1-2H2;2*3-5H2,1-2H3;3-5H2,1-2H3;3,5H,4H2,1-2H3;4*3-4H,1-2H2;5H,3-4H2,1-2H3;3-5H,1-2H2;3-4H2,1-2H3;3-4H2,1-2H3;3-4H,1-2H3;3-4H2,1-2H3;3-4H,1-2H2;3H,1-2H3,(H,4,5);3H2,1-2H3;3H,1-2H3;3H2,1-2H3;1H4/b;;6-5-;;5-4-;;;;;;5-3-;4-3-;;6-4-;;;;;;4-3-;;;;;;;. The maximum Gasteiger partial charge on any atom is 0.168 e. The Balaban J connectivity index is -0.0000000400. The molecule has 0 aromatic rings. The van der Waals surface area contributed by atoms with E-state index in [9.17, 15) is 0 Å². The van der Waals surface area contributed by atoms with Crippen LogP contribution in [0.15, 0.2) is 298 Å². The van der Waals surface area contributed by atoms with Crippen molar-refractivity contribution in [2.45, 2.75) is 275 Å². The number of rotatable bonds is 54. The molecule has 0 radical (unpaired) electrons. The van der Waals surface area contributed by atoms with Crippen LogP contribution in [-0.2, 0) is 52.1 Å². The van der Waals surface area contributed by atoms with E-state index >= 15 is 0 Å². The smallest absolute Gasteiger partial charge is 0.168 e. The molecule has 30 nitrogen and oxygen atoms in total. The van der Waals surface area contributed by atoms with Crippen molar-refractivity contribution in [1.29, 1.82) is 0 Å². The molecule has 0 saturated carbocycles. The number of allylic oxidation sites excluding steroid dienone is 11. The third-order valence-corrected chi connectivity index (χ3v) is 11.3. The number of azo groups is 2. The van der Waals surface area contributed by atoms with Crippen molar-refractivity contribution >= 4 is 65.1 Å². The highest BCUT2D eigenvalue weighted by atomic mass is 16.6. The summed E-state index contributed by atoms with van der Waals surface area (Å²) in [4.78, 5) is 27.7. The zero-order valence-corrected chi connectivity index (χ0v) is 100. The summed E-state index contributed by atoms with van der Waals surface area (Å²) in [5, 5.41) is 35.1. The van der Waals surface area contributed by atoms with Gasteiger partial charge < -0.3 is 78.7 Å². The van der Waals surface area contributed by atoms with Gasteiger partial charge in [0, 0.05) is 173 Å². The number of nitrogens with zero attached hydrogens (tertiary/aromatic N) is 14. The average molecular weight is 2070 g/mol. The Morgan fingerprint density at radius 1 is 0.366 bits per heavy atom. The Hall–Kier alpha value is -10.2. The molecule has 0 aromatic carbocycles. The van der Waals surface area contributed by atoms with Crippen molar-refractivity contribution in [2.75, 3.05) is 191 Å². The maximum atomic E-state index is 4.98. The Morgan fingerprint density at radius 2 is 0.779 bits per heavy atom. The van der Waals surface area contributed by atoms with Gasteiger partial charge in [-0.05, 0) is 171 Å². The van der Waals surface area contributed by atoms with Crippen LogP contribution >= 0.6 is 0 Å². The van der Waals surface area contributed by atoms with Gasteiger partial charge in [-0.1, -0.05) is 335 Å². The van der Waals surface area contributed by atoms with Crippen LogP contribution in [-0.4, -0.2) is 256 Å². The predicted octanol–water partition coefficient (Wildman–Crippen LogP) is 31.6. The van der Waals surface area contributed by atoms with E-state index in [-0.39, 0.29) is 7.43 Å². The van der Waals surface area contributed by atoms with Crippen LogP contribution in [0.3, 0.4) is 0 Å². The lowest BCUT2D eigenvalue weighted by atomic mass is 10.2. The molecule has 0 fully saturated rings. The van der Waals surface area contributed by atoms with Crippen molar-refractivity contribution in [3.63, 3.8) is 0 Å². The van der Waals surface area contributed by atoms with E-state index in [1.54, 1.807) is 146 Å². The molecule has 0 aliphatic heterocycles. The molecule has 5 N–H and O–H groups in total. The first-order chi connectivity index (χ1) is 69.8. The Morgan fingerprint density at radius 3 is 0.869 bits per heavy atom. The number of hydrogen-bond donors (Lipinski definition) is 5. The van der Waals surface area contributed by atoms with Crippen molar-refractivity contribution in [2.24, 2.45) is 70.6 Å². The van der Waals surface area contributed by atoms with Gasteiger partial charge in [0.25, 0.3) is 0 Å². The fourth-order valence-electron chi connectivity index (χ4n) is 5.26. The van der Waals surface area contributed by atoms with E-state index in [2.05, 4.69) is 365 Å². The second-order valence-corrected chi connectivity index (χ2v) is 24.1. The van der Waals surface area contributed by atoms with Gasteiger partial charge in [0.1, 0.15) is 13.1 Å². The van der Waals surface area contributed by atoms with Crippen LogP contribution in [0.1, 0.15) is 275 Å². The first kappa shape index (κ1) is 208. The number of ether oxygens (including phenoxy) is 11. The Bertz CT molecular complexity index is 1930. The lowest BCUT2D eigenvalue weighted by Crippen LogP contribution is -2.12. The first-order valence-electron chi connectivity index (χ1n) is 49.6. The topological polar surface area (TPSA) is 335 Å². The van der Waals surface area contributed by atoms with E-state index in [1.807, 2.05) is 73.9 Å². The molecule has 30 heteroatoms. The molecule has 0 aromatic heterocycles. The molecule has 864 valence electrons. The van der Waals surface area contributed by atoms with Gasteiger partial charge in [0.05, 0.1) is 59.1 Å². The molecule has 0 bridgehead atoms. The Labute approximate surface area is 902 Å². The minimum absolute atomic E-state index is 0. The van der Waals surface area contributed by atoms with Crippen molar-refractivity contribution in [1.82, 2.24) is 26.6 Å². The van der Waals surface area contributed by atoms with E-state index < -0.39 is 0 Å². The number of hydrogen-bond acceptors (Lipinski definition) is 28. The Kier molecular flexibility index (Phi) is 505. The van der Waals surface area contributed by atoms with Crippen molar-refractivity contribution in [3.8, 4) is 0 Å². The number of nitrogens with one attached hydrogen (secondary N) is 5. The third-order valence-electron chi connectivity index (χ3n) is 11.3. The van der Waals surface area contributed by atoms with Crippen LogP contribution in [0, 0.1) is 0 Å². The molecule has 0 unspecified atom stereocenters. The van der Waals surface area contributed by atoms with Crippen LogP contribution in [0.25, 0.3) is 0 Å². The highest BCUT2D eigenvalue weighted by molar-refractivity contribution is 5.70. The summed E-state index contributed by atoms with van der Waals surface area (Å²) in [6.45, 7) is 117. The van der Waals surface area contributed by atoms with Crippen molar-refractivity contribution < 1.29 is 52.1 Å². The minimum atomic E-state index is 0. The molecule has 0 rings (SSSR count). The highest BCUT2D eigenvalue weighted by Gasteiger charge is 1.79. The van der Waals surface area contributed by atoms with E-state index in [4.69, 9.17) is 18.9 Å². The van der Waals surface area contributed by atoms with Crippen LogP contribution in [0.5, 0.6) is 0 Å². The minimum Gasteiger partial charge on any atom is -0.505 e. The zero-order valence-electron chi connectivity index (χ0n) is 100. The van der Waals surface area contributed by atoms with E-state index in [1.165, 1.54) is 177 Å². The van der Waals surface area contributed by atoms with Crippen LogP contribution in [0.4, 0.5) is 0 Å². The molecule has 0 aliphatic rings. The predicted molar refractivity (Wildman–Crippen MR) is 669 cm³/mol. The maximum absolute atomic E-state index is 4.98. The summed E-state index contributed by atoms with van der Waals surface area (Å²) in [5.74, 6) is 0. The average Bonchev–Trinajstić information content (AvgIpc) is 1.37. The number of methoxy groups -OCH3 is 8. The fraction of sp³-hybridized carbons (Fsp3) is 0.600. The number of aliphatic imine (C=N–C) groups is 8. The van der Waals surface area contributed by atoms with Gasteiger partial charge in [-0.3, -0.25) is 34.9 Å². The van der Waals surface area contributed by atoms with E-state index in [0.29, 0.717) is 20.0 Å². The van der Waals surface area contributed by atoms with Gasteiger partial charge in [-0.25, -0.2) is 4.99 Å².